The Morgan fingerprint density at radius 1 is 1.33 bits per heavy atom. The van der Waals surface area contributed by atoms with E-state index in [-0.39, 0.29) is 5.41 Å². The monoisotopic (exact) mass is 269 g/mol. The molecule has 0 aliphatic rings. The first kappa shape index (κ1) is 12.7. The highest BCUT2D eigenvalue weighted by Crippen LogP contribution is 2.23. The summed E-state index contributed by atoms with van der Waals surface area (Å²) in [7, 11) is 2.04. The minimum Gasteiger partial charge on any atom is -0.316 e. The van der Waals surface area contributed by atoms with E-state index in [0.717, 1.165) is 10.9 Å². The molecule has 15 heavy (non-hydrogen) atoms. The van der Waals surface area contributed by atoms with E-state index in [9.17, 15) is 0 Å². The van der Waals surface area contributed by atoms with Crippen molar-refractivity contribution in [2.45, 2.75) is 33.2 Å². The topological polar surface area (TPSA) is 12.0 Å². The third kappa shape index (κ3) is 3.96. The highest BCUT2D eigenvalue weighted by Gasteiger charge is 2.22. The maximum absolute atomic E-state index is 3.50. The van der Waals surface area contributed by atoms with Crippen molar-refractivity contribution in [3.05, 3.63) is 34.3 Å². The highest BCUT2D eigenvalue weighted by molar-refractivity contribution is 9.10. The van der Waals surface area contributed by atoms with Crippen LogP contribution in [0, 0.1) is 5.41 Å². The number of hydrogen-bond donors (Lipinski definition) is 1. The van der Waals surface area contributed by atoms with Gasteiger partial charge < -0.3 is 5.32 Å². The van der Waals surface area contributed by atoms with Gasteiger partial charge in [0.15, 0.2) is 0 Å². The SMILES string of the molecule is CNC(Cc1cccc(Br)c1)C(C)(C)C. The van der Waals surface area contributed by atoms with Crippen LogP contribution >= 0.6 is 15.9 Å². The molecular formula is C13H20BrN. The van der Waals surface area contributed by atoms with E-state index in [4.69, 9.17) is 0 Å². The van der Waals surface area contributed by atoms with Gasteiger partial charge in [0.1, 0.15) is 0 Å². The summed E-state index contributed by atoms with van der Waals surface area (Å²) in [4.78, 5) is 0. The number of likely N-dealkylation sites (N-methyl/N-ethyl adjacent to an activating group) is 1. The van der Waals surface area contributed by atoms with E-state index in [1.807, 2.05) is 7.05 Å². The molecule has 1 N–H and O–H groups in total. The molecule has 0 heterocycles. The molecule has 0 aromatic heterocycles. The molecule has 0 radical (unpaired) electrons. The van der Waals surface area contributed by atoms with Crippen LogP contribution in [0.4, 0.5) is 0 Å². The van der Waals surface area contributed by atoms with Gasteiger partial charge in [-0.05, 0) is 36.6 Å². The van der Waals surface area contributed by atoms with Crippen molar-refractivity contribution in [1.82, 2.24) is 5.32 Å². The molecule has 1 unspecified atom stereocenters. The third-order valence-electron chi connectivity index (χ3n) is 2.72. The predicted octanol–water partition coefficient (Wildman–Crippen LogP) is 3.63. The second kappa shape index (κ2) is 5.13. The Bertz CT molecular complexity index is 315. The molecule has 0 aliphatic carbocycles. The van der Waals surface area contributed by atoms with E-state index in [1.54, 1.807) is 0 Å². The van der Waals surface area contributed by atoms with E-state index in [1.165, 1.54) is 5.56 Å². The molecule has 1 aromatic carbocycles. The molecule has 0 aliphatic heterocycles. The Labute approximate surface area is 101 Å². The number of halogens is 1. The summed E-state index contributed by atoms with van der Waals surface area (Å²) in [6, 6.07) is 9.03. The fraction of sp³-hybridized carbons (Fsp3) is 0.538. The van der Waals surface area contributed by atoms with E-state index in [0.29, 0.717) is 6.04 Å². The lowest BCUT2D eigenvalue weighted by Crippen LogP contribution is -2.39. The summed E-state index contributed by atoms with van der Waals surface area (Å²) in [6.07, 6.45) is 1.07. The molecule has 0 saturated carbocycles. The molecule has 1 aromatic rings. The van der Waals surface area contributed by atoms with Crippen LogP contribution in [0.1, 0.15) is 26.3 Å². The van der Waals surface area contributed by atoms with Gasteiger partial charge in [0.2, 0.25) is 0 Å². The normalized spacial score (nSPS) is 13.9. The van der Waals surface area contributed by atoms with Crippen molar-refractivity contribution in [1.29, 1.82) is 0 Å². The van der Waals surface area contributed by atoms with Crippen LogP contribution < -0.4 is 5.32 Å². The Balaban J connectivity index is 2.76. The van der Waals surface area contributed by atoms with Crippen LogP contribution in [0.15, 0.2) is 28.7 Å². The lowest BCUT2D eigenvalue weighted by atomic mass is 9.83. The molecule has 1 nitrogen and oxygen atoms in total. The second-order valence-electron chi connectivity index (χ2n) is 5.04. The largest absolute Gasteiger partial charge is 0.316 e. The fourth-order valence-electron chi connectivity index (χ4n) is 1.74. The minimum absolute atomic E-state index is 0.289. The number of nitrogens with one attached hydrogen (secondary N) is 1. The standard InChI is InChI=1S/C13H20BrN/c1-13(2,3)12(15-4)9-10-6-5-7-11(14)8-10/h5-8,12,15H,9H2,1-4H3. The van der Waals surface area contributed by atoms with Gasteiger partial charge in [-0.2, -0.15) is 0 Å². The quantitative estimate of drug-likeness (QED) is 0.884. The van der Waals surface area contributed by atoms with Crippen LogP contribution in [0.5, 0.6) is 0 Å². The first-order valence-corrected chi connectivity index (χ1v) is 6.14. The number of benzene rings is 1. The molecule has 84 valence electrons. The molecular weight excluding hydrogens is 250 g/mol. The van der Waals surface area contributed by atoms with Crippen molar-refractivity contribution < 1.29 is 0 Å². The first-order chi connectivity index (χ1) is 6.93. The third-order valence-corrected chi connectivity index (χ3v) is 3.22. The molecule has 2 heteroatoms. The van der Waals surface area contributed by atoms with Gasteiger partial charge in [-0.3, -0.25) is 0 Å². The smallest absolute Gasteiger partial charge is 0.0178 e. The van der Waals surface area contributed by atoms with Crippen LogP contribution in [0.2, 0.25) is 0 Å². The molecule has 0 amide bonds. The molecule has 0 bridgehead atoms. The van der Waals surface area contributed by atoms with Gasteiger partial charge in [-0.15, -0.1) is 0 Å². The summed E-state index contributed by atoms with van der Waals surface area (Å²) in [5.41, 5.74) is 1.66. The van der Waals surface area contributed by atoms with Crippen molar-refractivity contribution in [3.8, 4) is 0 Å². The molecule has 0 saturated heterocycles. The average Bonchev–Trinajstić information content (AvgIpc) is 2.12. The Morgan fingerprint density at radius 2 is 2.00 bits per heavy atom. The van der Waals surface area contributed by atoms with Crippen molar-refractivity contribution in [3.63, 3.8) is 0 Å². The first-order valence-electron chi connectivity index (χ1n) is 5.35. The molecule has 0 fully saturated rings. The predicted molar refractivity (Wildman–Crippen MR) is 70.1 cm³/mol. The van der Waals surface area contributed by atoms with Crippen molar-refractivity contribution in [2.24, 2.45) is 5.41 Å². The van der Waals surface area contributed by atoms with Crippen molar-refractivity contribution >= 4 is 15.9 Å². The van der Waals surface area contributed by atoms with Gasteiger partial charge in [0.25, 0.3) is 0 Å². The summed E-state index contributed by atoms with van der Waals surface area (Å²) >= 11 is 3.50. The van der Waals surface area contributed by atoms with Gasteiger partial charge >= 0.3 is 0 Å². The summed E-state index contributed by atoms with van der Waals surface area (Å²) in [5, 5.41) is 3.39. The number of rotatable bonds is 3. The summed E-state index contributed by atoms with van der Waals surface area (Å²) < 4.78 is 1.16. The van der Waals surface area contributed by atoms with Crippen LogP contribution in [-0.4, -0.2) is 13.1 Å². The summed E-state index contributed by atoms with van der Waals surface area (Å²) in [5.74, 6) is 0. The van der Waals surface area contributed by atoms with Gasteiger partial charge in [0, 0.05) is 10.5 Å². The lowest BCUT2D eigenvalue weighted by molar-refractivity contribution is 0.280. The lowest BCUT2D eigenvalue weighted by Gasteiger charge is -2.30. The van der Waals surface area contributed by atoms with Gasteiger partial charge in [-0.25, -0.2) is 0 Å². The Kier molecular flexibility index (Phi) is 4.35. The van der Waals surface area contributed by atoms with E-state index >= 15 is 0 Å². The van der Waals surface area contributed by atoms with Crippen LogP contribution in [0.3, 0.4) is 0 Å². The van der Waals surface area contributed by atoms with Crippen molar-refractivity contribution in [2.75, 3.05) is 7.05 Å². The van der Waals surface area contributed by atoms with Gasteiger partial charge in [-0.1, -0.05) is 48.8 Å². The fourth-order valence-corrected chi connectivity index (χ4v) is 2.19. The number of hydrogen-bond acceptors (Lipinski definition) is 1. The zero-order valence-corrected chi connectivity index (χ0v) is 11.6. The second-order valence-corrected chi connectivity index (χ2v) is 5.96. The van der Waals surface area contributed by atoms with E-state index in [2.05, 4.69) is 66.3 Å². The van der Waals surface area contributed by atoms with E-state index < -0.39 is 0 Å². The zero-order valence-electron chi connectivity index (χ0n) is 9.97. The summed E-state index contributed by atoms with van der Waals surface area (Å²) in [6.45, 7) is 6.81. The molecule has 0 spiro atoms. The minimum atomic E-state index is 0.289. The molecule has 1 atom stereocenters. The maximum atomic E-state index is 3.50. The van der Waals surface area contributed by atoms with Gasteiger partial charge in [0.05, 0.1) is 0 Å². The van der Waals surface area contributed by atoms with Crippen LogP contribution in [-0.2, 0) is 6.42 Å². The van der Waals surface area contributed by atoms with Crippen LogP contribution in [0.25, 0.3) is 0 Å². The average molecular weight is 270 g/mol. The highest BCUT2D eigenvalue weighted by atomic mass is 79.9. The molecule has 1 rings (SSSR count). The maximum Gasteiger partial charge on any atom is 0.0178 e. The Morgan fingerprint density at radius 3 is 2.47 bits per heavy atom. The Hall–Kier alpha value is -0.340. The zero-order chi connectivity index (χ0) is 11.5.